The average Bonchev–Trinajstić information content (AvgIpc) is 2.98. The summed E-state index contributed by atoms with van der Waals surface area (Å²) in [6, 6.07) is 6.62. The Balaban J connectivity index is 1.86. The van der Waals surface area contributed by atoms with E-state index in [4.69, 9.17) is 9.84 Å². The number of carboxylic acid groups (broad SMARTS) is 1. The van der Waals surface area contributed by atoms with Crippen LogP contribution in [0.25, 0.3) is 10.2 Å². The van der Waals surface area contributed by atoms with E-state index in [0.29, 0.717) is 28.7 Å². The van der Waals surface area contributed by atoms with E-state index in [1.807, 2.05) is 6.92 Å². The lowest BCUT2D eigenvalue weighted by atomic mass is 10.1. The molecular formula is C18H17N3O4S. The summed E-state index contributed by atoms with van der Waals surface area (Å²) in [5.74, 6) is -0.688. The molecule has 134 valence electrons. The SMILES string of the molecule is CCOC(=O)c1sc2ncnc(NCc3ccc(C(=O)O)cc3)c2c1C. The summed E-state index contributed by atoms with van der Waals surface area (Å²) in [4.78, 5) is 32.8. The van der Waals surface area contributed by atoms with Gasteiger partial charge in [-0.3, -0.25) is 0 Å². The van der Waals surface area contributed by atoms with E-state index in [9.17, 15) is 9.59 Å². The molecule has 1 aromatic carbocycles. The molecule has 2 heterocycles. The van der Waals surface area contributed by atoms with Gasteiger partial charge in [-0.2, -0.15) is 0 Å². The van der Waals surface area contributed by atoms with Crippen LogP contribution in [0.4, 0.5) is 5.82 Å². The molecule has 26 heavy (non-hydrogen) atoms. The van der Waals surface area contributed by atoms with E-state index < -0.39 is 5.97 Å². The monoisotopic (exact) mass is 371 g/mol. The number of aromatic nitrogens is 2. The van der Waals surface area contributed by atoms with Crippen molar-refractivity contribution in [3.63, 3.8) is 0 Å². The van der Waals surface area contributed by atoms with Crippen LogP contribution in [-0.2, 0) is 11.3 Å². The van der Waals surface area contributed by atoms with Crippen molar-refractivity contribution >= 4 is 39.3 Å². The van der Waals surface area contributed by atoms with Crippen LogP contribution in [0.15, 0.2) is 30.6 Å². The highest BCUT2D eigenvalue weighted by molar-refractivity contribution is 7.20. The minimum absolute atomic E-state index is 0.242. The van der Waals surface area contributed by atoms with E-state index in [2.05, 4.69) is 15.3 Å². The number of aromatic carboxylic acids is 1. The fourth-order valence-corrected chi connectivity index (χ4v) is 3.59. The third-order valence-electron chi connectivity index (χ3n) is 3.85. The molecule has 3 rings (SSSR count). The number of carbonyl (C=O) groups excluding carboxylic acids is 1. The minimum atomic E-state index is -0.956. The lowest BCUT2D eigenvalue weighted by Gasteiger charge is -2.08. The van der Waals surface area contributed by atoms with Gasteiger partial charge in [0, 0.05) is 6.54 Å². The van der Waals surface area contributed by atoms with Gasteiger partial charge in [0.1, 0.15) is 21.9 Å². The van der Waals surface area contributed by atoms with Crippen LogP contribution >= 0.6 is 11.3 Å². The third kappa shape index (κ3) is 3.50. The van der Waals surface area contributed by atoms with E-state index in [1.165, 1.54) is 17.7 Å². The molecule has 0 radical (unpaired) electrons. The number of anilines is 1. The van der Waals surface area contributed by atoms with Crippen LogP contribution in [0.1, 0.15) is 38.1 Å². The van der Waals surface area contributed by atoms with Crippen LogP contribution < -0.4 is 5.32 Å². The van der Waals surface area contributed by atoms with Crippen molar-refractivity contribution < 1.29 is 19.4 Å². The van der Waals surface area contributed by atoms with Crippen LogP contribution in [-0.4, -0.2) is 33.6 Å². The molecule has 0 saturated heterocycles. The summed E-state index contributed by atoms with van der Waals surface area (Å²) < 4.78 is 5.09. The summed E-state index contributed by atoms with van der Waals surface area (Å²) in [6.07, 6.45) is 1.45. The molecule has 7 nitrogen and oxygen atoms in total. The summed E-state index contributed by atoms with van der Waals surface area (Å²) in [6.45, 7) is 4.40. The number of nitrogens with one attached hydrogen (secondary N) is 1. The molecule has 0 aliphatic rings. The third-order valence-corrected chi connectivity index (χ3v) is 5.03. The van der Waals surface area contributed by atoms with Gasteiger partial charge in [0.2, 0.25) is 0 Å². The number of ether oxygens (including phenoxy) is 1. The predicted octanol–water partition coefficient (Wildman–Crippen LogP) is 3.49. The molecule has 0 spiro atoms. The van der Waals surface area contributed by atoms with E-state index in [0.717, 1.165) is 16.5 Å². The Hall–Kier alpha value is -3.00. The number of benzene rings is 1. The lowest BCUT2D eigenvalue weighted by Crippen LogP contribution is -2.05. The molecule has 0 aliphatic heterocycles. The number of aryl methyl sites for hydroxylation is 1. The van der Waals surface area contributed by atoms with Crippen molar-refractivity contribution in [1.29, 1.82) is 0 Å². The molecule has 8 heteroatoms. The number of carboxylic acids is 1. The highest BCUT2D eigenvalue weighted by Crippen LogP contribution is 2.33. The molecule has 0 atom stereocenters. The molecule has 3 aromatic rings. The van der Waals surface area contributed by atoms with Gasteiger partial charge in [0.15, 0.2) is 0 Å². The number of hydrogen-bond donors (Lipinski definition) is 2. The largest absolute Gasteiger partial charge is 0.478 e. The van der Waals surface area contributed by atoms with E-state index >= 15 is 0 Å². The maximum absolute atomic E-state index is 12.1. The van der Waals surface area contributed by atoms with Crippen molar-refractivity contribution in [2.24, 2.45) is 0 Å². The number of esters is 1. The van der Waals surface area contributed by atoms with Gasteiger partial charge in [-0.25, -0.2) is 19.6 Å². The Bertz CT molecular complexity index is 966. The average molecular weight is 371 g/mol. The predicted molar refractivity (Wildman–Crippen MR) is 98.8 cm³/mol. The van der Waals surface area contributed by atoms with Gasteiger partial charge >= 0.3 is 11.9 Å². The zero-order chi connectivity index (χ0) is 18.7. The van der Waals surface area contributed by atoms with Gasteiger partial charge in [0.05, 0.1) is 17.6 Å². The second-order valence-electron chi connectivity index (χ2n) is 5.53. The van der Waals surface area contributed by atoms with Crippen molar-refractivity contribution in [3.05, 3.63) is 52.2 Å². The summed E-state index contributed by atoms with van der Waals surface area (Å²) in [7, 11) is 0. The number of thiophene rings is 1. The lowest BCUT2D eigenvalue weighted by molar-refractivity contribution is 0.0531. The van der Waals surface area contributed by atoms with Crippen LogP contribution in [0, 0.1) is 6.92 Å². The molecule has 0 bridgehead atoms. The summed E-state index contributed by atoms with van der Waals surface area (Å²) >= 11 is 1.28. The Labute approximate surface area is 153 Å². The van der Waals surface area contributed by atoms with Gasteiger partial charge in [0.25, 0.3) is 0 Å². The maximum Gasteiger partial charge on any atom is 0.348 e. The number of rotatable bonds is 6. The summed E-state index contributed by atoms with van der Waals surface area (Å²) in [5.41, 5.74) is 1.94. The Morgan fingerprint density at radius 2 is 1.96 bits per heavy atom. The highest BCUT2D eigenvalue weighted by Gasteiger charge is 2.20. The first-order chi connectivity index (χ1) is 12.5. The summed E-state index contributed by atoms with van der Waals surface area (Å²) in [5, 5.41) is 13.0. The smallest absolute Gasteiger partial charge is 0.348 e. The number of carbonyl (C=O) groups is 2. The molecule has 0 aliphatic carbocycles. The zero-order valence-corrected chi connectivity index (χ0v) is 15.1. The standard InChI is InChI=1S/C18H17N3O4S/c1-3-25-18(24)14-10(2)13-15(20-9-21-16(13)26-14)19-8-11-4-6-12(7-5-11)17(22)23/h4-7,9H,3,8H2,1-2H3,(H,22,23)(H,19,20,21). The minimum Gasteiger partial charge on any atom is -0.478 e. The van der Waals surface area contributed by atoms with Crippen molar-refractivity contribution in [3.8, 4) is 0 Å². The molecule has 0 amide bonds. The zero-order valence-electron chi connectivity index (χ0n) is 14.3. The second-order valence-corrected chi connectivity index (χ2v) is 6.53. The Morgan fingerprint density at radius 3 is 2.62 bits per heavy atom. The molecule has 0 fully saturated rings. The first-order valence-corrected chi connectivity index (χ1v) is 8.80. The fourth-order valence-electron chi connectivity index (χ4n) is 2.55. The van der Waals surface area contributed by atoms with Crippen LogP contribution in [0.2, 0.25) is 0 Å². The highest BCUT2D eigenvalue weighted by atomic mass is 32.1. The molecule has 2 N–H and O–H groups in total. The van der Waals surface area contributed by atoms with Crippen molar-refractivity contribution in [1.82, 2.24) is 9.97 Å². The Morgan fingerprint density at radius 1 is 1.23 bits per heavy atom. The number of fused-ring (bicyclic) bond motifs is 1. The quantitative estimate of drug-likeness (QED) is 0.640. The topological polar surface area (TPSA) is 101 Å². The first kappa shape index (κ1) is 17.8. The van der Waals surface area contributed by atoms with Gasteiger partial charge in [-0.15, -0.1) is 11.3 Å². The van der Waals surface area contributed by atoms with Crippen LogP contribution in [0.5, 0.6) is 0 Å². The van der Waals surface area contributed by atoms with Crippen molar-refractivity contribution in [2.45, 2.75) is 20.4 Å². The van der Waals surface area contributed by atoms with Gasteiger partial charge < -0.3 is 15.2 Å². The normalized spacial score (nSPS) is 10.7. The van der Waals surface area contributed by atoms with E-state index in [-0.39, 0.29) is 11.5 Å². The van der Waals surface area contributed by atoms with Crippen LogP contribution in [0.3, 0.4) is 0 Å². The number of nitrogens with zero attached hydrogens (tertiary/aromatic N) is 2. The van der Waals surface area contributed by atoms with Gasteiger partial charge in [-0.1, -0.05) is 12.1 Å². The van der Waals surface area contributed by atoms with Gasteiger partial charge in [-0.05, 0) is 37.1 Å². The maximum atomic E-state index is 12.1. The Kier molecular flexibility index (Phi) is 5.13. The van der Waals surface area contributed by atoms with E-state index in [1.54, 1.807) is 31.2 Å². The molecule has 2 aromatic heterocycles. The second kappa shape index (κ2) is 7.49. The van der Waals surface area contributed by atoms with Crippen molar-refractivity contribution in [2.75, 3.05) is 11.9 Å². The number of hydrogen-bond acceptors (Lipinski definition) is 7. The molecule has 0 saturated carbocycles. The molecular weight excluding hydrogens is 354 g/mol. The fraction of sp³-hybridized carbons (Fsp3) is 0.222. The molecule has 0 unspecified atom stereocenters. The first-order valence-electron chi connectivity index (χ1n) is 7.98.